The minimum atomic E-state index is -1.43. The molecule has 0 amide bonds. The monoisotopic (exact) mass is 262 g/mol. The molecular weight excluding hydrogens is 244 g/mol. The number of ether oxygens (including phenoxy) is 3. The van der Waals surface area contributed by atoms with Crippen LogP contribution in [-0.2, 0) is 19.0 Å². The minimum Gasteiger partial charge on any atom is -0.459 e. The van der Waals surface area contributed by atoms with E-state index in [9.17, 15) is 20.1 Å². The van der Waals surface area contributed by atoms with Crippen LogP contribution in [0.15, 0.2) is 12.2 Å². The molecule has 5 atom stereocenters. The van der Waals surface area contributed by atoms with Gasteiger partial charge in [0.15, 0.2) is 6.29 Å². The lowest BCUT2D eigenvalue weighted by molar-refractivity contribution is -0.295. The normalized spacial score (nSPS) is 36.2. The lowest BCUT2D eigenvalue weighted by atomic mass is 9.99. The molecule has 1 fully saturated rings. The van der Waals surface area contributed by atoms with Gasteiger partial charge in [0, 0.05) is 12.7 Å². The molecule has 1 unspecified atom stereocenters. The zero-order valence-electron chi connectivity index (χ0n) is 10.3. The van der Waals surface area contributed by atoms with Gasteiger partial charge in [0.05, 0.1) is 0 Å². The molecule has 0 bridgehead atoms. The first-order valence-corrected chi connectivity index (χ1v) is 5.43. The van der Waals surface area contributed by atoms with E-state index in [1.807, 2.05) is 0 Å². The Labute approximate surface area is 105 Å². The Kier molecular flexibility index (Phi) is 5.24. The van der Waals surface area contributed by atoms with E-state index in [0.29, 0.717) is 0 Å². The number of methoxy groups -OCH3 is 1. The minimum absolute atomic E-state index is 0.212. The fourth-order valence-electron chi connectivity index (χ4n) is 1.53. The standard InChI is InChI=1S/C11H18O7/c1-5(2)10(15)17-4-6-7(12)8(13)9(14)11(16-3)18-6/h6-9,11-14H,1,4H2,2-3H3/t6-,7-,8+,9-,11?/m1/s1. The van der Waals surface area contributed by atoms with Crippen molar-refractivity contribution in [2.75, 3.05) is 13.7 Å². The topological polar surface area (TPSA) is 105 Å². The Bertz CT molecular complexity index is 315. The molecule has 1 aliphatic rings. The first kappa shape index (κ1) is 15.1. The Morgan fingerprint density at radius 2 is 1.89 bits per heavy atom. The summed E-state index contributed by atoms with van der Waals surface area (Å²) in [5.41, 5.74) is 0.212. The van der Waals surface area contributed by atoms with Crippen LogP contribution in [0.1, 0.15) is 6.92 Å². The largest absolute Gasteiger partial charge is 0.459 e. The number of carbonyl (C=O) groups is 1. The lowest BCUT2D eigenvalue weighted by Gasteiger charge is -2.39. The van der Waals surface area contributed by atoms with E-state index in [-0.39, 0.29) is 12.2 Å². The maximum Gasteiger partial charge on any atom is 0.333 e. The molecule has 0 saturated carbocycles. The zero-order chi connectivity index (χ0) is 13.9. The second-order valence-electron chi connectivity index (χ2n) is 4.13. The number of esters is 1. The number of aliphatic hydroxyl groups excluding tert-OH is 3. The molecule has 0 aromatic rings. The smallest absolute Gasteiger partial charge is 0.333 e. The molecule has 104 valence electrons. The third kappa shape index (κ3) is 3.27. The van der Waals surface area contributed by atoms with Crippen molar-refractivity contribution < 1.29 is 34.3 Å². The van der Waals surface area contributed by atoms with Gasteiger partial charge in [-0.15, -0.1) is 0 Å². The molecule has 0 aliphatic carbocycles. The first-order valence-electron chi connectivity index (χ1n) is 5.43. The summed E-state index contributed by atoms with van der Waals surface area (Å²) < 4.78 is 14.8. The number of rotatable bonds is 4. The van der Waals surface area contributed by atoms with Crippen molar-refractivity contribution in [3.8, 4) is 0 Å². The first-order chi connectivity index (χ1) is 8.38. The van der Waals surface area contributed by atoms with Crippen molar-refractivity contribution in [2.45, 2.75) is 37.6 Å². The van der Waals surface area contributed by atoms with Gasteiger partial charge < -0.3 is 29.5 Å². The van der Waals surface area contributed by atoms with Crippen molar-refractivity contribution in [3.63, 3.8) is 0 Å². The van der Waals surface area contributed by atoms with Crippen molar-refractivity contribution in [1.82, 2.24) is 0 Å². The van der Waals surface area contributed by atoms with Gasteiger partial charge in [-0.25, -0.2) is 4.79 Å². The zero-order valence-corrected chi connectivity index (χ0v) is 10.3. The molecule has 0 radical (unpaired) electrons. The van der Waals surface area contributed by atoms with Crippen LogP contribution in [0.4, 0.5) is 0 Å². The summed E-state index contributed by atoms with van der Waals surface area (Å²) in [6.07, 6.45) is -6.23. The second kappa shape index (κ2) is 6.26. The summed E-state index contributed by atoms with van der Waals surface area (Å²) in [5, 5.41) is 28.8. The van der Waals surface area contributed by atoms with Gasteiger partial charge in [0.2, 0.25) is 0 Å². The van der Waals surface area contributed by atoms with E-state index < -0.39 is 36.7 Å². The average molecular weight is 262 g/mol. The summed E-state index contributed by atoms with van der Waals surface area (Å²) in [5.74, 6) is -0.625. The van der Waals surface area contributed by atoms with Crippen LogP contribution in [0.3, 0.4) is 0 Å². The van der Waals surface area contributed by atoms with E-state index >= 15 is 0 Å². The molecule has 1 saturated heterocycles. The number of carbonyl (C=O) groups excluding carboxylic acids is 1. The summed E-state index contributed by atoms with van der Waals surface area (Å²) in [6.45, 7) is 4.62. The van der Waals surface area contributed by atoms with E-state index in [0.717, 1.165) is 0 Å². The molecule has 1 aliphatic heterocycles. The van der Waals surface area contributed by atoms with Crippen LogP contribution >= 0.6 is 0 Å². The van der Waals surface area contributed by atoms with Gasteiger partial charge in [-0.2, -0.15) is 0 Å². The predicted octanol–water partition coefficient (Wildman–Crippen LogP) is -1.44. The Morgan fingerprint density at radius 3 is 2.39 bits per heavy atom. The molecule has 0 aromatic carbocycles. The van der Waals surface area contributed by atoms with Gasteiger partial charge >= 0.3 is 5.97 Å². The highest BCUT2D eigenvalue weighted by Gasteiger charge is 2.44. The number of hydrogen-bond donors (Lipinski definition) is 3. The Hall–Kier alpha value is -0.990. The summed E-state index contributed by atoms with van der Waals surface area (Å²) in [4.78, 5) is 11.2. The molecule has 1 rings (SSSR count). The molecule has 0 spiro atoms. The van der Waals surface area contributed by atoms with Crippen LogP contribution in [-0.4, -0.2) is 65.7 Å². The SMILES string of the molecule is C=C(C)C(=O)OC[C@H]1OC(OC)[C@H](O)[C@@H](O)[C@@H]1O. The van der Waals surface area contributed by atoms with E-state index in [2.05, 4.69) is 6.58 Å². The van der Waals surface area contributed by atoms with Crippen LogP contribution < -0.4 is 0 Å². The summed E-state index contributed by atoms with van der Waals surface area (Å²) in [6, 6.07) is 0. The third-order valence-electron chi connectivity index (χ3n) is 2.63. The fourth-order valence-corrected chi connectivity index (χ4v) is 1.53. The fraction of sp³-hybridized carbons (Fsp3) is 0.727. The van der Waals surface area contributed by atoms with Crippen LogP contribution in [0, 0.1) is 0 Å². The van der Waals surface area contributed by atoms with Crippen LogP contribution in [0.5, 0.6) is 0 Å². The Morgan fingerprint density at radius 1 is 1.28 bits per heavy atom. The van der Waals surface area contributed by atoms with E-state index in [4.69, 9.17) is 14.2 Å². The maximum absolute atomic E-state index is 11.2. The predicted molar refractivity (Wildman–Crippen MR) is 59.5 cm³/mol. The molecule has 7 heteroatoms. The van der Waals surface area contributed by atoms with Crippen molar-refractivity contribution in [1.29, 1.82) is 0 Å². The molecular formula is C11H18O7. The van der Waals surface area contributed by atoms with Crippen LogP contribution in [0.25, 0.3) is 0 Å². The average Bonchev–Trinajstić information content (AvgIpc) is 2.34. The van der Waals surface area contributed by atoms with E-state index in [1.165, 1.54) is 14.0 Å². The summed E-state index contributed by atoms with van der Waals surface area (Å²) >= 11 is 0. The summed E-state index contributed by atoms with van der Waals surface area (Å²) in [7, 11) is 1.29. The quantitative estimate of drug-likeness (QED) is 0.421. The molecule has 3 N–H and O–H groups in total. The molecule has 7 nitrogen and oxygen atoms in total. The third-order valence-corrected chi connectivity index (χ3v) is 2.63. The maximum atomic E-state index is 11.2. The molecule has 18 heavy (non-hydrogen) atoms. The van der Waals surface area contributed by atoms with Gasteiger partial charge in [-0.3, -0.25) is 0 Å². The highest BCUT2D eigenvalue weighted by Crippen LogP contribution is 2.22. The van der Waals surface area contributed by atoms with Crippen molar-refractivity contribution in [3.05, 3.63) is 12.2 Å². The number of aliphatic hydroxyl groups is 3. The van der Waals surface area contributed by atoms with Gasteiger partial charge in [-0.05, 0) is 6.92 Å². The van der Waals surface area contributed by atoms with E-state index in [1.54, 1.807) is 0 Å². The highest BCUT2D eigenvalue weighted by molar-refractivity contribution is 5.86. The van der Waals surface area contributed by atoms with Crippen molar-refractivity contribution >= 4 is 5.97 Å². The van der Waals surface area contributed by atoms with Gasteiger partial charge in [0.25, 0.3) is 0 Å². The highest BCUT2D eigenvalue weighted by atomic mass is 16.7. The van der Waals surface area contributed by atoms with Crippen molar-refractivity contribution in [2.24, 2.45) is 0 Å². The van der Waals surface area contributed by atoms with Gasteiger partial charge in [0.1, 0.15) is 31.0 Å². The molecule has 1 heterocycles. The molecule has 0 aromatic heterocycles. The van der Waals surface area contributed by atoms with Gasteiger partial charge in [-0.1, -0.05) is 6.58 Å². The second-order valence-corrected chi connectivity index (χ2v) is 4.13. The number of hydrogen-bond acceptors (Lipinski definition) is 7. The Balaban J connectivity index is 2.59. The lowest BCUT2D eigenvalue weighted by Crippen LogP contribution is -2.59. The van der Waals surface area contributed by atoms with Crippen LogP contribution in [0.2, 0.25) is 0 Å².